The molecule has 3 aliphatic rings. The second kappa shape index (κ2) is 5.69. The lowest BCUT2D eigenvalue weighted by atomic mass is 9.92. The van der Waals surface area contributed by atoms with Crippen LogP contribution in [-0.4, -0.2) is 38.2 Å². The largest absolute Gasteiger partial charge is 0.369 e. The third kappa shape index (κ3) is 2.51. The highest BCUT2D eigenvalue weighted by Gasteiger charge is 2.58. The predicted molar refractivity (Wildman–Crippen MR) is 96.7 cm³/mol. The van der Waals surface area contributed by atoms with Gasteiger partial charge in [0.1, 0.15) is 5.82 Å². The van der Waals surface area contributed by atoms with E-state index in [0.717, 1.165) is 24.5 Å². The van der Waals surface area contributed by atoms with E-state index in [9.17, 15) is 4.79 Å². The van der Waals surface area contributed by atoms with Gasteiger partial charge in [-0.3, -0.25) is 9.48 Å². The number of nitrogens with zero attached hydrogens (tertiary/aromatic N) is 5. The summed E-state index contributed by atoms with van der Waals surface area (Å²) >= 11 is 0. The summed E-state index contributed by atoms with van der Waals surface area (Å²) in [6.45, 7) is 1.01. The minimum atomic E-state index is -0.127. The number of carbonyl (C=O) groups is 1. The van der Waals surface area contributed by atoms with Gasteiger partial charge in [-0.05, 0) is 43.1 Å². The van der Waals surface area contributed by atoms with Gasteiger partial charge >= 0.3 is 0 Å². The first-order chi connectivity index (χ1) is 12.6. The lowest BCUT2D eigenvalue weighted by molar-refractivity contribution is -0.119. The summed E-state index contributed by atoms with van der Waals surface area (Å²) < 4.78 is 1.74. The van der Waals surface area contributed by atoms with Crippen molar-refractivity contribution in [2.24, 2.45) is 36.5 Å². The van der Waals surface area contributed by atoms with E-state index in [0.29, 0.717) is 29.7 Å². The van der Waals surface area contributed by atoms with Gasteiger partial charge in [-0.25, -0.2) is 4.98 Å². The van der Waals surface area contributed by atoms with Crippen LogP contribution in [0.4, 0.5) is 17.5 Å². The zero-order valence-electron chi connectivity index (χ0n) is 14.7. The summed E-state index contributed by atoms with van der Waals surface area (Å²) in [6.07, 6.45) is 8.83. The Balaban J connectivity index is 1.34. The highest BCUT2D eigenvalue weighted by molar-refractivity contribution is 5.79. The van der Waals surface area contributed by atoms with E-state index in [-0.39, 0.29) is 11.8 Å². The molecule has 3 fully saturated rings. The van der Waals surface area contributed by atoms with Crippen LogP contribution in [0.1, 0.15) is 19.3 Å². The van der Waals surface area contributed by atoms with Crippen molar-refractivity contribution in [2.75, 3.05) is 16.8 Å². The number of amides is 1. The monoisotopic (exact) mass is 353 g/mol. The van der Waals surface area contributed by atoms with E-state index in [4.69, 9.17) is 10.7 Å². The molecule has 2 aliphatic carbocycles. The number of nitrogens with two attached hydrogens (primary N) is 1. The summed E-state index contributed by atoms with van der Waals surface area (Å²) in [4.78, 5) is 23.0. The molecular weight excluding hydrogens is 330 g/mol. The lowest BCUT2D eigenvalue weighted by Gasteiger charge is -2.29. The average molecular weight is 353 g/mol. The van der Waals surface area contributed by atoms with Crippen molar-refractivity contribution in [3.63, 3.8) is 0 Å². The Kier molecular flexibility index (Phi) is 3.41. The van der Waals surface area contributed by atoms with Crippen molar-refractivity contribution in [1.29, 1.82) is 0 Å². The fourth-order valence-electron chi connectivity index (χ4n) is 5.10. The summed E-state index contributed by atoms with van der Waals surface area (Å²) in [5.74, 6) is 3.21. The van der Waals surface area contributed by atoms with Gasteiger partial charge in [0.2, 0.25) is 11.9 Å². The maximum absolute atomic E-state index is 11.5. The number of anilines is 3. The van der Waals surface area contributed by atoms with Gasteiger partial charge in [0.05, 0.1) is 11.9 Å². The first kappa shape index (κ1) is 15.6. The van der Waals surface area contributed by atoms with Crippen molar-refractivity contribution in [3.8, 4) is 0 Å². The van der Waals surface area contributed by atoms with Gasteiger partial charge in [-0.2, -0.15) is 10.1 Å². The van der Waals surface area contributed by atoms with E-state index in [1.54, 1.807) is 17.1 Å². The van der Waals surface area contributed by atoms with E-state index >= 15 is 0 Å². The van der Waals surface area contributed by atoms with Crippen LogP contribution >= 0.6 is 0 Å². The second-order valence-corrected chi connectivity index (χ2v) is 7.81. The van der Waals surface area contributed by atoms with E-state index in [1.807, 2.05) is 19.3 Å². The standard InChI is InChI=1S/C18H23N7O/c1-24-9-11(7-21-24)22-18-20-5-4-15(23-18)25-8-10-2-3-14(25)16(10)12-6-13(12)17(19)26/h4-5,7,9-10,12-14,16H,2-3,6,8H2,1H3,(H2,19,26)(H,20,22,23)/t10?,12?,13?,14?,16-/m0/s1. The molecule has 2 aromatic heterocycles. The van der Waals surface area contributed by atoms with Crippen LogP contribution in [0.25, 0.3) is 0 Å². The van der Waals surface area contributed by atoms with Crippen LogP contribution in [-0.2, 0) is 11.8 Å². The molecule has 3 N–H and O–H groups in total. The Bertz CT molecular complexity index is 850. The fourth-order valence-corrected chi connectivity index (χ4v) is 5.10. The Morgan fingerprint density at radius 2 is 2.27 bits per heavy atom. The SMILES string of the molecule is Cn1cc(Nc2nccc(N3CC4CCC3[C@@H]4C3CC3C(N)=O)n2)cn1. The third-order valence-corrected chi connectivity index (χ3v) is 6.25. The number of aryl methyl sites for hydroxylation is 1. The molecule has 1 saturated heterocycles. The van der Waals surface area contributed by atoms with Crippen LogP contribution in [0.5, 0.6) is 0 Å². The molecule has 2 saturated carbocycles. The summed E-state index contributed by atoms with van der Waals surface area (Å²) in [5, 5.41) is 7.36. The number of hydrogen-bond acceptors (Lipinski definition) is 6. The molecule has 3 heterocycles. The zero-order valence-corrected chi connectivity index (χ0v) is 14.7. The molecule has 5 rings (SSSR count). The topological polar surface area (TPSA) is 102 Å². The Hall–Kier alpha value is -2.64. The number of primary amides is 1. The van der Waals surface area contributed by atoms with Crippen molar-refractivity contribution >= 4 is 23.4 Å². The van der Waals surface area contributed by atoms with Crippen LogP contribution < -0.4 is 16.0 Å². The van der Waals surface area contributed by atoms with Gasteiger partial charge in [0, 0.05) is 37.9 Å². The van der Waals surface area contributed by atoms with Crippen LogP contribution in [0.2, 0.25) is 0 Å². The molecule has 2 bridgehead atoms. The van der Waals surface area contributed by atoms with Gasteiger partial charge in [0.25, 0.3) is 0 Å². The first-order valence-electron chi connectivity index (χ1n) is 9.25. The van der Waals surface area contributed by atoms with E-state index in [1.165, 1.54) is 12.8 Å². The maximum Gasteiger partial charge on any atom is 0.229 e. The molecule has 2 aromatic rings. The zero-order chi connectivity index (χ0) is 17.8. The molecule has 26 heavy (non-hydrogen) atoms. The fraction of sp³-hybridized carbons (Fsp3) is 0.556. The molecule has 136 valence electrons. The predicted octanol–water partition coefficient (Wildman–Crippen LogP) is 1.29. The molecule has 0 aromatic carbocycles. The van der Waals surface area contributed by atoms with Crippen molar-refractivity contribution in [1.82, 2.24) is 19.7 Å². The van der Waals surface area contributed by atoms with Gasteiger partial charge in [-0.1, -0.05) is 0 Å². The smallest absolute Gasteiger partial charge is 0.229 e. The number of aromatic nitrogens is 4. The summed E-state index contributed by atoms with van der Waals surface area (Å²) in [6, 6.07) is 2.44. The minimum absolute atomic E-state index is 0.0938. The summed E-state index contributed by atoms with van der Waals surface area (Å²) in [7, 11) is 1.88. The molecule has 8 heteroatoms. The first-order valence-corrected chi connectivity index (χ1v) is 9.25. The molecule has 0 radical (unpaired) electrons. The maximum atomic E-state index is 11.5. The van der Waals surface area contributed by atoms with E-state index in [2.05, 4.69) is 20.3 Å². The highest BCUT2D eigenvalue weighted by atomic mass is 16.1. The van der Waals surface area contributed by atoms with Gasteiger partial charge < -0.3 is 16.0 Å². The molecule has 1 aliphatic heterocycles. The lowest BCUT2D eigenvalue weighted by Crippen LogP contribution is -2.34. The average Bonchev–Trinajstić information content (AvgIpc) is 2.97. The summed E-state index contributed by atoms with van der Waals surface area (Å²) in [5.41, 5.74) is 6.39. The van der Waals surface area contributed by atoms with E-state index < -0.39 is 0 Å². The van der Waals surface area contributed by atoms with Crippen LogP contribution in [0, 0.1) is 23.7 Å². The minimum Gasteiger partial charge on any atom is -0.369 e. The number of nitrogens with one attached hydrogen (secondary N) is 1. The Labute approximate surface area is 151 Å². The second-order valence-electron chi connectivity index (χ2n) is 7.81. The van der Waals surface area contributed by atoms with Crippen molar-refractivity contribution in [2.45, 2.75) is 25.3 Å². The van der Waals surface area contributed by atoms with Crippen molar-refractivity contribution < 1.29 is 4.79 Å². The van der Waals surface area contributed by atoms with Crippen molar-refractivity contribution in [3.05, 3.63) is 24.7 Å². The highest BCUT2D eigenvalue weighted by Crippen LogP contribution is 2.57. The van der Waals surface area contributed by atoms with Crippen LogP contribution in [0.3, 0.4) is 0 Å². The molecule has 1 amide bonds. The van der Waals surface area contributed by atoms with Gasteiger partial charge in [-0.15, -0.1) is 0 Å². The quantitative estimate of drug-likeness (QED) is 0.840. The third-order valence-electron chi connectivity index (χ3n) is 6.25. The number of fused-ring (bicyclic) bond motifs is 2. The molecule has 0 spiro atoms. The Morgan fingerprint density at radius 1 is 1.38 bits per heavy atom. The van der Waals surface area contributed by atoms with Gasteiger partial charge in [0.15, 0.2) is 0 Å². The normalized spacial score (nSPS) is 32.0. The van der Waals surface area contributed by atoms with Crippen LogP contribution in [0.15, 0.2) is 24.7 Å². The number of carbonyl (C=O) groups excluding carboxylic acids is 1. The number of hydrogen-bond donors (Lipinski definition) is 2. The Morgan fingerprint density at radius 3 is 3.00 bits per heavy atom. The molecule has 4 unspecified atom stereocenters. The molecule has 8 nitrogen and oxygen atoms in total. The molecular formula is C18H23N7O. The molecule has 5 atom stereocenters. The number of piperidine rings is 1. The number of rotatable bonds is 5.